The van der Waals surface area contributed by atoms with E-state index < -0.39 is 0 Å². The number of rotatable bonds is 2. The van der Waals surface area contributed by atoms with Gasteiger partial charge in [0, 0.05) is 5.56 Å². The van der Waals surface area contributed by atoms with Gasteiger partial charge in [0.1, 0.15) is 5.02 Å². The lowest BCUT2D eigenvalue weighted by Gasteiger charge is -2.13. The normalized spacial score (nSPS) is 10.8. The predicted molar refractivity (Wildman–Crippen MR) is 88.5 cm³/mol. The summed E-state index contributed by atoms with van der Waals surface area (Å²) in [5.74, 6) is 0.290. The second-order valence-corrected chi connectivity index (χ2v) is 6.18. The van der Waals surface area contributed by atoms with Crippen molar-refractivity contribution >= 4 is 69.6 Å². The maximum atomic E-state index is 6.28. The summed E-state index contributed by atoms with van der Waals surface area (Å²) in [5, 5.41) is 1.78. The smallest absolute Gasteiger partial charge is 0.158 e. The molecule has 0 atom stereocenters. The Hall–Kier alpha value is -0.0200. The quantitative estimate of drug-likeness (QED) is 0.386. The SMILES string of the molecule is COc1c(Cl)c(Cl)cc(-c2cc(Cl)c(Cl)c(Cl)c2)c1Cl. The lowest BCUT2D eigenvalue weighted by Crippen LogP contribution is -1.90. The highest BCUT2D eigenvalue weighted by molar-refractivity contribution is 6.48. The van der Waals surface area contributed by atoms with Crippen molar-refractivity contribution in [2.45, 2.75) is 0 Å². The predicted octanol–water partition coefficient (Wildman–Crippen LogP) is 7.28. The Bertz CT molecular complexity index is 660. The summed E-state index contributed by atoms with van der Waals surface area (Å²) in [6, 6.07) is 4.89. The number of methoxy groups -OCH3 is 1. The topological polar surface area (TPSA) is 9.23 Å². The maximum Gasteiger partial charge on any atom is 0.158 e. The van der Waals surface area contributed by atoms with Gasteiger partial charge in [-0.2, -0.15) is 0 Å². The van der Waals surface area contributed by atoms with Gasteiger partial charge in [-0.15, -0.1) is 0 Å². The summed E-state index contributed by atoms with van der Waals surface area (Å²) in [4.78, 5) is 0. The first-order valence-electron chi connectivity index (χ1n) is 5.23. The van der Waals surface area contributed by atoms with Crippen molar-refractivity contribution in [3.8, 4) is 16.9 Å². The van der Waals surface area contributed by atoms with Crippen LogP contribution in [0.1, 0.15) is 0 Å². The Morgan fingerprint density at radius 3 is 1.70 bits per heavy atom. The molecule has 2 aromatic carbocycles. The summed E-state index contributed by atoms with van der Waals surface area (Å²) in [5.41, 5.74) is 1.25. The fourth-order valence-corrected chi connectivity index (χ4v) is 3.08. The van der Waals surface area contributed by atoms with E-state index in [1.54, 1.807) is 18.2 Å². The first-order chi connectivity index (χ1) is 9.36. The first-order valence-corrected chi connectivity index (χ1v) is 7.50. The molecule has 0 aliphatic heterocycles. The molecule has 0 heterocycles. The second kappa shape index (κ2) is 6.39. The molecule has 1 nitrogen and oxygen atoms in total. The first kappa shape index (κ1) is 16.4. The molecule has 0 N–H and O–H groups in total. The fraction of sp³-hybridized carbons (Fsp3) is 0.0769. The minimum absolute atomic E-state index is 0.245. The molecular weight excluding hydrogens is 385 g/mol. The van der Waals surface area contributed by atoms with Crippen molar-refractivity contribution < 1.29 is 4.74 Å². The molecule has 0 radical (unpaired) electrons. The van der Waals surface area contributed by atoms with E-state index in [1.807, 2.05) is 0 Å². The van der Waals surface area contributed by atoms with Crippen LogP contribution in [-0.4, -0.2) is 7.11 Å². The zero-order chi connectivity index (χ0) is 15.0. The minimum Gasteiger partial charge on any atom is -0.494 e. The van der Waals surface area contributed by atoms with Gasteiger partial charge < -0.3 is 4.74 Å². The van der Waals surface area contributed by atoms with Crippen LogP contribution < -0.4 is 4.74 Å². The molecule has 0 saturated carbocycles. The number of hydrogen-bond donors (Lipinski definition) is 0. The van der Waals surface area contributed by atoms with E-state index >= 15 is 0 Å². The molecule has 2 aromatic rings. The average Bonchev–Trinajstić information content (AvgIpc) is 2.40. The third kappa shape index (κ3) is 2.94. The lowest BCUT2D eigenvalue weighted by molar-refractivity contribution is 0.415. The number of benzene rings is 2. The molecule has 20 heavy (non-hydrogen) atoms. The summed E-state index contributed by atoms with van der Waals surface area (Å²) in [7, 11) is 1.45. The molecule has 106 valence electrons. The molecule has 0 saturated heterocycles. The maximum absolute atomic E-state index is 6.28. The minimum atomic E-state index is 0.245. The van der Waals surface area contributed by atoms with E-state index in [9.17, 15) is 0 Å². The molecule has 0 unspecified atom stereocenters. The third-order valence-electron chi connectivity index (χ3n) is 2.61. The molecule has 0 spiro atoms. The van der Waals surface area contributed by atoms with Crippen molar-refractivity contribution in [2.24, 2.45) is 0 Å². The Kier molecular flexibility index (Phi) is 5.23. The van der Waals surface area contributed by atoms with E-state index in [0.29, 0.717) is 31.2 Å². The van der Waals surface area contributed by atoms with Crippen LogP contribution in [0.5, 0.6) is 5.75 Å². The van der Waals surface area contributed by atoms with E-state index in [0.717, 1.165) is 0 Å². The Labute approximate surface area is 146 Å². The summed E-state index contributed by atoms with van der Waals surface area (Å²) in [6.07, 6.45) is 0. The van der Waals surface area contributed by atoms with Crippen molar-refractivity contribution in [2.75, 3.05) is 7.11 Å². The van der Waals surface area contributed by atoms with Gasteiger partial charge in [0.25, 0.3) is 0 Å². The van der Waals surface area contributed by atoms with E-state index in [1.165, 1.54) is 7.11 Å². The molecule has 0 aliphatic carbocycles. The van der Waals surface area contributed by atoms with Crippen molar-refractivity contribution in [3.63, 3.8) is 0 Å². The van der Waals surface area contributed by atoms with Gasteiger partial charge in [-0.3, -0.25) is 0 Å². The highest BCUT2D eigenvalue weighted by Gasteiger charge is 2.18. The fourth-order valence-electron chi connectivity index (χ4n) is 1.68. The van der Waals surface area contributed by atoms with E-state index in [4.69, 9.17) is 74.3 Å². The van der Waals surface area contributed by atoms with Crippen LogP contribution in [0.15, 0.2) is 18.2 Å². The molecule has 7 heteroatoms. The largest absolute Gasteiger partial charge is 0.494 e. The molecular formula is C13H6Cl6O. The molecule has 0 fully saturated rings. The molecule has 0 aromatic heterocycles. The highest BCUT2D eigenvalue weighted by atomic mass is 35.5. The summed E-state index contributed by atoms with van der Waals surface area (Å²) in [6.45, 7) is 0. The third-order valence-corrected chi connectivity index (χ3v) is 4.96. The van der Waals surface area contributed by atoms with Crippen molar-refractivity contribution in [1.82, 2.24) is 0 Å². The summed E-state index contributed by atoms with van der Waals surface area (Å²) >= 11 is 36.3. The zero-order valence-corrected chi connectivity index (χ0v) is 14.4. The zero-order valence-electron chi connectivity index (χ0n) is 9.91. The van der Waals surface area contributed by atoms with Gasteiger partial charge in [-0.1, -0.05) is 69.6 Å². The number of ether oxygens (including phenoxy) is 1. The van der Waals surface area contributed by atoms with Gasteiger partial charge in [0.2, 0.25) is 0 Å². The standard InChI is InChI=1S/C13H6Cl6O/c1-20-13-10(17)6(4-9(16)12(13)19)5-2-7(14)11(18)8(15)3-5/h2-4H,1H3. The molecule has 0 aliphatic rings. The second-order valence-electron chi connectivity index (χ2n) is 3.82. The summed E-state index contributed by atoms with van der Waals surface area (Å²) < 4.78 is 5.16. The average molecular weight is 391 g/mol. The number of hydrogen-bond acceptors (Lipinski definition) is 1. The van der Waals surface area contributed by atoms with E-state index in [-0.39, 0.29) is 15.8 Å². The van der Waals surface area contributed by atoms with E-state index in [2.05, 4.69) is 0 Å². The highest BCUT2D eigenvalue weighted by Crippen LogP contribution is 2.46. The monoisotopic (exact) mass is 388 g/mol. The van der Waals surface area contributed by atoms with Crippen LogP contribution in [0.2, 0.25) is 30.1 Å². The van der Waals surface area contributed by atoms with Gasteiger partial charge >= 0.3 is 0 Å². The van der Waals surface area contributed by atoms with Crippen LogP contribution in [-0.2, 0) is 0 Å². The van der Waals surface area contributed by atoms with Crippen molar-refractivity contribution in [3.05, 3.63) is 48.3 Å². The Morgan fingerprint density at radius 2 is 1.20 bits per heavy atom. The molecule has 0 amide bonds. The van der Waals surface area contributed by atoms with Crippen LogP contribution in [0.3, 0.4) is 0 Å². The van der Waals surface area contributed by atoms with Gasteiger partial charge in [0.15, 0.2) is 5.75 Å². The molecule has 0 bridgehead atoms. The van der Waals surface area contributed by atoms with Crippen LogP contribution in [0.25, 0.3) is 11.1 Å². The van der Waals surface area contributed by atoms with Crippen molar-refractivity contribution in [1.29, 1.82) is 0 Å². The van der Waals surface area contributed by atoms with Crippen LogP contribution in [0.4, 0.5) is 0 Å². The van der Waals surface area contributed by atoms with Gasteiger partial charge in [0.05, 0.1) is 32.2 Å². The van der Waals surface area contributed by atoms with Gasteiger partial charge in [-0.25, -0.2) is 0 Å². The molecule has 2 rings (SSSR count). The Balaban J connectivity index is 2.73. The van der Waals surface area contributed by atoms with Crippen LogP contribution >= 0.6 is 69.6 Å². The lowest BCUT2D eigenvalue weighted by atomic mass is 10.1. The van der Waals surface area contributed by atoms with Gasteiger partial charge in [-0.05, 0) is 23.8 Å². The number of halogens is 6. The Morgan fingerprint density at radius 1 is 0.700 bits per heavy atom. The van der Waals surface area contributed by atoms with Crippen LogP contribution in [0, 0.1) is 0 Å².